The number of aromatic nitrogens is 1. The van der Waals surface area contributed by atoms with Crippen LogP contribution in [0.1, 0.15) is 12.5 Å². The number of anilines is 1. The first kappa shape index (κ1) is 16.6. The van der Waals surface area contributed by atoms with Crippen molar-refractivity contribution in [1.29, 1.82) is 0 Å². The first-order valence-electron chi connectivity index (χ1n) is 9.96. The molecule has 0 N–H and O–H groups in total. The number of likely N-dealkylation sites (N-methyl/N-ethyl adjacent to an activating group) is 1. The number of piperazine rings is 1. The second-order valence-electron chi connectivity index (χ2n) is 7.32. The summed E-state index contributed by atoms with van der Waals surface area (Å²) in [4.78, 5) is 10.1. The summed E-state index contributed by atoms with van der Waals surface area (Å²) in [7, 11) is 0. The predicted molar refractivity (Wildman–Crippen MR) is 111 cm³/mol. The highest BCUT2D eigenvalue weighted by Crippen LogP contribution is 2.42. The fourth-order valence-corrected chi connectivity index (χ4v) is 4.38. The molecule has 0 bridgehead atoms. The second kappa shape index (κ2) is 6.86. The maximum Gasteiger partial charge on any atom is 0.133 e. The van der Waals surface area contributed by atoms with Crippen molar-refractivity contribution in [3.8, 4) is 16.9 Å². The third kappa shape index (κ3) is 2.85. The molecule has 2 aromatic carbocycles. The third-order valence-electron chi connectivity index (χ3n) is 5.86. The quantitative estimate of drug-likeness (QED) is 0.692. The van der Waals surface area contributed by atoms with Gasteiger partial charge in [-0.05, 0) is 18.7 Å². The highest BCUT2D eigenvalue weighted by Gasteiger charge is 2.26. The SMILES string of the molecule is CCN1CCN(c2nc3ccccc3c3c2CCOc2ccccc2-3)CC1. The normalized spacial score (nSPS) is 17.1. The number of fused-ring (bicyclic) bond motifs is 5. The van der Waals surface area contributed by atoms with E-state index in [1.165, 1.54) is 22.1 Å². The van der Waals surface area contributed by atoms with Gasteiger partial charge in [0.25, 0.3) is 0 Å². The van der Waals surface area contributed by atoms with E-state index in [2.05, 4.69) is 65.3 Å². The van der Waals surface area contributed by atoms with E-state index in [1.54, 1.807) is 0 Å². The average molecular weight is 359 g/mol. The summed E-state index contributed by atoms with van der Waals surface area (Å²) in [6, 6.07) is 16.9. The minimum Gasteiger partial charge on any atom is -0.493 e. The molecule has 0 spiro atoms. The molecule has 27 heavy (non-hydrogen) atoms. The Morgan fingerprint density at radius 1 is 0.963 bits per heavy atom. The molecular formula is C23H25N3O. The van der Waals surface area contributed by atoms with Gasteiger partial charge in [-0.1, -0.05) is 43.3 Å². The average Bonchev–Trinajstić information content (AvgIpc) is 2.93. The van der Waals surface area contributed by atoms with Gasteiger partial charge in [-0.2, -0.15) is 0 Å². The zero-order valence-corrected chi connectivity index (χ0v) is 15.8. The predicted octanol–water partition coefficient (Wildman–Crippen LogP) is 3.98. The monoisotopic (exact) mass is 359 g/mol. The lowest BCUT2D eigenvalue weighted by Gasteiger charge is -2.36. The minimum absolute atomic E-state index is 0.700. The molecule has 1 fully saturated rings. The lowest BCUT2D eigenvalue weighted by atomic mass is 9.94. The van der Waals surface area contributed by atoms with Crippen LogP contribution in [0.4, 0.5) is 5.82 Å². The highest BCUT2D eigenvalue weighted by atomic mass is 16.5. The van der Waals surface area contributed by atoms with Gasteiger partial charge in [0.1, 0.15) is 11.6 Å². The van der Waals surface area contributed by atoms with Gasteiger partial charge in [0.15, 0.2) is 0 Å². The van der Waals surface area contributed by atoms with Crippen molar-refractivity contribution >= 4 is 16.7 Å². The maximum atomic E-state index is 6.10. The first-order valence-corrected chi connectivity index (χ1v) is 9.96. The molecule has 0 atom stereocenters. The molecule has 138 valence electrons. The van der Waals surface area contributed by atoms with Crippen LogP contribution in [0.15, 0.2) is 48.5 Å². The van der Waals surface area contributed by atoms with E-state index in [1.807, 2.05) is 0 Å². The van der Waals surface area contributed by atoms with Crippen molar-refractivity contribution < 1.29 is 4.74 Å². The smallest absolute Gasteiger partial charge is 0.133 e. The molecule has 1 saturated heterocycles. The zero-order valence-electron chi connectivity index (χ0n) is 15.8. The number of pyridine rings is 1. The van der Waals surface area contributed by atoms with E-state index in [9.17, 15) is 0 Å². The molecule has 3 aromatic rings. The summed E-state index contributed by atoms with van der Waals surface area (Å²) in [5, 5.41) is 1.22. The molecule has 2 aliphatic rings. The molecule has 4 nitrogen and oxygen atoms in total. The van der Waals surface area contributed by atoms with Gasteiger partial charge in [-0.3, -0.25) is 0 Å². The molecule has 4 heteroatoms. The Balaban J connectivity index is 1.72. The molecule has 0 radical (unpaired) electrons. The van der Waals surface area contributed by atoms with Gasteiger partial charge in [-0.25, -0.2) is 4.98 Å². The Morgan fingerprint density at radius 3 is 2.59 bits per heavy atom. The Labute approximate surface area is 160 Å². The van der Waals surface area contributed by atoms with Crippen molar-refractivity contribution in [1.82, 2.24) is 9.88 Å². The van der Waals surface area contributed by atoms with Gasteiger partial charge in [0.2, 0.25) is 0 Å². The Hall–Kier alpha value is -2.59. The fourth-order valence-electron chi connectivity index (χ4n) is 4.38. The van der Waals surface area contributed by atoms with Crippen LogP contribution in [-0.4, -0.2) is 49.2 Å². The Kier molecular flexibility index (Phi) is 4.21. The Bertz CT molecular complexity index is 977. The summed E-state index contributed by atoms with van der Waals surface area (Å²) >= 11 is 0. The lowest BCUT2D eigenvalue weighted by molar-refractivity contribution is 0.270. The van der Waals surface area contributed by atoms with Crippen LogP contribution in [0.25, 0.3) is 22.0 Å². The van der Waals surface area contributed by atoms with Gasteiger partial charge < -0.3 is 14.5 Å². The van der Waals surface area contributed by atoms with Crippen molar-refractivity contribution in [3.05, 3.63) is 54.1 Å². The molecule has 0 saturated carbocycles. The van der Waals surface area contributed by atoms with Gasteiger partial charge >= 0.3 is 0 Å². The van der Waals surface area contributed by atoms with Gasteiger partial charge in [0.05, 0.1) is 12.1 Å². The lowest BCUT2D eigenvalue weighted by Crippen LogP contribution is -2.46. The number of ether oxygens (including phenoxy) is 1. The first-order chi connectivity index (χ1) is 13.3. The minimum atomic E-state index is 0.700. The third-order valence-corrected chi connectivity index (χ3v) is 5.86. The molecule has 0 aliphatic carbocycles. The van der Waals surface area contributed by atoms with E-state index in [4.69, 9.17) is 9.72 Å². The topological polar surface area (TPSA) is 28.6 Å². The van der Waals surface area contributed by atoms with E-state index >= 15 is 0 Å². The maximum absolute atomic E-state index is 6.10. The summed E-state index contributed by atoms with van der Waals surface area (Å²) < 4.78 is 6.10. The summed E-state index contributed by atoms with van der Waals surface area (Å²) in [6.45, 7) is 8.34. The summed E-state index contributed by atoms with van der Waals surface area (Å²) in [6.07, 6.45) is 0.894. The molecular weight excluding hydrogens is 334 g/mol. The van der Waals surface area contributed by atoms with Crippen molar-refractivity contribution in [2.45, 2.75) is 13.3 Å². The fraction of sp³-hybridized carbons (Fsp3) is 0.348. The number of benzene rings is 2. The molecule has 0 amide bonds. The molecule has 3 heterocycles. The van der Waals surface area contributed by atoms with Gasteiger partial charge in [0, 0.05) is 54.7 Å². The van der Waals surface area contributed by atoms with E-state index < -0.39 is 0 Å². The number of nitrogens with zero attached hydrogens (tertiary/aromatic N) is 3. The van der Waals surface area contributed by atoms with Crippen LogP contribution in [0.3, 0.4) is 0 Å². The number of hydrogen-bond acceptors (Lipinski definition) is 4. The van der Waals surface area contributed by atoms with Crippen LogP contribution in [-0.2, 0) is 6.42 Å². The Morgan fingerprint density at radius 2 is 1.74 bits per heavy atom. The standard InChI is InChI=1S/C23H25N3O/c1-2-25-12-14-26(15-13-25)23-19-11-16-27-21-10-6-4-8-18(21)22(19)17-7-3-5-9-20(17)24-23/h3-10H,2,11-16H2,1H3. The van der Waals surface area contributed by atoms with Crippen molar-refractivity contribution in [2.24, 2.45) is 0 Å². The van der Waals surface area contributed by atoms with E-state index in [-0.39, 0.29) is 0 Å². The van der Waals surface area contributed by atoms with Crippen LogP contribution < -0.4 is 9.64 Å². The number of para-hydroxylation sites is 2. The molecule has 5 rings (SSSR count). The van der Waals surface area contributed by atoms with Crippen LogP contribution >= 0.6 is 0 Å². The zero-order chi connectivity index (χ0) is 18.2. The van der Waals surface area contributed by atoms with Crippen molar-refractivity contribution in [3.63, 3.8) is 0 Å². The van der Waals surface area contributed by atoms with E-state index in [0.29, 0.717) is 6.61 Å². The van der Waals surface area contributed by atoms with Crippen molar-refractivity contribution in [2.75, 3.05) is 44.2 Å². The molecule has 1 aromatic heterocycles. The van der Waals surface area contributed by atoms with E-state index in [0.717, 1.165) is 56.2 Å². The summed E-state index contributed by atoms with van der Waals surface area (Å²) in [5.41, 5.74) is 4.91. The highest BCUT2D eigenvalue weighted by molar-refractivity contribution is 6.00. The summed E-state index contributed by atoms with van der Waals surface area (Å²) in [5.74, 6) is 2.13. The van der Waals surface area contributed by atoms with Crippen LogP contribution in [0.2, 0.25) is 0 Å². The van der Waals surface area contributed by atoms with Crippen LogP contribution in [0, 0.1) is 0 Å². The second-order valence-corrected chi connectivity index (χ2v) is 7.32. The largest absolute Gasteiger partial charge is 0.493 e. The van der Waals surface area contributed by atoms with Gasteiger partial charge in [-0.15, -0.1) is 0 Å². The number of rotatable bonds is 2. The molecule has 2 aliphatic heterocycles. The number of hydrogen-bond donors (Lipinski definition) is 0. The van der Waals surface area contributed by atoms with Crippen LogP contribution in [0.5, 0.6) is 5.75 Å². The molecule has 0 unspecified atom stereocenters.